The number of piperidine rings is 1. The maximum atomic E-state index is 13.5. The fourth-order valence-electron chi connectivity index (χ4n) is 3.86. The standard InChI is InChI=1S/C23H26FN5O/c24-19-9-4-6-17(14-19)11-12-21(18-7-2-1-3-8-18)26-23(30)22-16-29(28-27-22)20-10-5-13-25-15-20/h1-4,6-9,14,16,20-21,25H,5,10-13,15H2,(H,26,30). The molecule has 7 heteroatoms. The zero-order valence-electron chi connectivity index (χ0n) is 16.8. The van der Waals surface area contributed by atoms with E-state index in [1.54, 1.807) is 16.9 Å². The summed E-state index contributed by atoms with van der Waals surface area (Å²) in [6.07, 6.45) is 5.14. The lowest BCUT2D eigenvalue weighted by atomic mass is 9.98. The third-order valence-corrected chi connectivity index (χ3v) is 5.51. The number of hydrogen-bond acceptors (Lipinski definition) is 4. The molecule has 0 spiro atoms. The van der Waals surface area contributed by atoms with Gasteiger partial charge in [-0.1, -0.05) is 47.7 Å². The Morgan fingerprint density at radius 1 is 1.23 bits per heavy atom. The van der Waals surface area contributed by atoms with E-state index in [1.165, 1.54) is 12.1 Å². The third-order valence-electron chi connectivity index (χ3n) is 5.51. The van der Waals surface area contributed by atoms with Crippen LogP contribution in [-0.2, 0) is 6.42 Å². The van der Waals surface area contributed by atoms with Gasteiger partial charge in [0.1, 0.15) is 5.82 Å². The van der Waals surface area contributed by atoms with E-state index in [0.29, 0.717) is 18.5 Å². The van der Waals surface area contributed by atoms with Crippen molar-refractivity contribution in [3.63, 3.8) is 0 Å². The smallest absolute Gasteiger partial charge is 0.273 e. The first-order valence-electron chi connectivity index (χ1n) is 10.4. The van der Waals surface area contributed by atoms with Crippen molar-refractivity contribution in [3.05, 3.63) is 83.4 Å². The van der Waals surface area contributed by atoms with Crippen LogP contribution in [0, 0.1) is 5.82 Å². The van der Waals surface area contributed by atoms with E-state index in [2.05, 4.69) is 20.9 Å². The molecule has 6 nitrogen and oxygen atoms in total. The zero-order valence-corrected chi connectivity index (χ0v) is 16.8. The Labute approximate surface area is 175 Å². The minimum atomic E-state index is -0.252. The first kappa shape index (κ1) is 20.2. The van der Waals surface area contributed by atoms with Gasteiger partial charge < -0.3 is 10.6 Å². The summed E-state index contributed by atoms with van der Waals surface area (Å²) in [5.74, 6) is -0.500. The van der Waals surface area contributed by atoms with Gasteiger partial charge >= 0.3 is 0 Å². The molecule has 0 saturated carbocycles. The Morgan fingerprint density at radius 3 is 2.87 bits per heavy atom. The topological polar surface area (TPSA) is 71.8 Å². The monoisotopic (exact) mass is 407 g/mol. The van der Waals surface area contributed by atoms with Crippen LogP contribution in [0.25, 0.3) is 0 Å². The van der Waals surface area contributed by atoms with Gasteiger partial charge in [-0.15, -0.1) is 5.10 Å². The fraction of sp³-hybridized carbons (Fsp3) is 0.348. The van der Waals surface area contributed by atoms with E-state index in [4.69, 9.17) is 0 Å². The molecule has 3 aromatic rings. The number of benzene rings is 2. The second kappa shape index (κ2) is 9.63. The minimum Gasteiger partial charge on any atom is -0.344 e. The van der Waals surface area contributed by atoms with E-state index in [1.807, 2.05) is 36.4 Å². The van der Waals surface area contributed by atoms with Crippen molar-refractivity contribution in [1.29, 1.82) is 0 Å². The average molecular weight is 407 g/mol. The number of hydrogen-bond donors (Lipinski definition) is 2. The highest BCUT2D eigenvalue weighted by Crippen LogP contribution is 2.21. The summed E-state index contributed by atoms with van der Waals surface area (Å²) in [4.78, 5) is 12.9. The van der Waals surface area contributed by atoms with Gasteiger partial charge in [-0.25, -0.2) is 9.07 Å². The van der Waals surface area contributed by atoms with Crippen LogP contribution in [-0.4, -0.2) is 34.0 Å². The second-order valence-corrected chi connectivity index (χ2v) is 7.69. The summed E-state index contributed by atoms with van der Waals surface area (Å²) in [5, 5.41) is 14.7. The normalized spacial score (nSPS) is 17.4. The summed E-state index contributed by atoms with van der Waals surface area (Å²) in [6.45, 7) is 1.85. The lowest BCUT2D eigenvalue weighted by Crippen LogP contribution is -2.32. The van der Waals surface area contributed by atoms with E-state index in [0.717, 1.165) is 37.1 Å². The van der Waals surface area contributed by atoms with Gasteiger partial charge in [-0.2, -0.15) is 0 Å². The van der Waals surface area contributed by atoms with Crippen LogP contribution in [0.15, 0.2) is 60.8 Å². The van der Waals surface area contributed by atoms with Crippen LogP contribution in [0.4, 0.5) is 4.39 Å². The quantitative estimate of drug-likeness (QED) is 0.629. The second-order valence-electron chi connectivity index (χ2n) is 7.69. The third kappa shape index (κ3) is 5.10. The van der Waals surface area contributed by atoms with E-state index < -0.39 is 0 Å². The van der Waals surface area contributed by atoms with Crippen LogP contribution in [0.5, 0.6) is 0 Å². The van der Waals surface area contributed by atoms with Gasteiger partial charge in [-0.3, -0.25) is 4.79 Å². The van der Waals surface area contributed by atoms with Crippen LogP contribution in [0.1, 0.15) is 53.0 Å². The number of halogens is 1. The maximum Gasteiger partial charge on any atom is 0.273 e. The van der Waals surface area contributed by atoms with Crippen molar-refractivity contribution in [3.8, 4) is 0 Å². The van der Waals surface area contributed by atoms with E-state index >= 15 is 0 Å². The van der Waals surface area contributed by atoms with Crippen molar-refractivity contribution >= 4 is 5.91 Å². The van der Waals surface area contributed by atoms with Crippen molar-refractivity contribution in [2.75, 3.05) is 13.1 Å². The molecule has 1 aromatic heterocycles. The van der Waals surface area contributed by atoms with Crippen molar-refractivity contribution in [2.45, 2.75) is 37.8 Å². The lowest BCUT2D eigenvalue weighted by Gasteiger charge is -2.22. The molecule has 2 heterocycles. The Kier molecular flexibility index (Phi) is 6.49. The number of rotatable bonds is 7. The molecule has 4 rings (SSSR count). The summed E-state index contributed by atoms with van der Waals surface area (Å²) >= 11 is 0. The Balaban J connectivity index is 1.45. The number of amides is 1. The molecule has 1 saturated heterocycles. The molecule has 2 atom stereocenters. The van der Waals surface area contributed by atoms with Crippen LogP contribution >= 0.6 is 0 Å². The first-order valence-corrected chi connectivity index (χ1v) is 10.4. The van der Waals surface area contributed by atoms with Gasteiger partial charge in [0.05, 0.1) is 18.3 Å². The predicted molar refractivity (Wildman–Crippen MR) is 113 cm³/mol. The summed E-state index contributed by atoms with van der Waals surface area (Å²) < 4.78 is 15.3. The number of carbonyl (C=O) groups is 1. The molecular weight excluding hydrogens is 381 g/mol. The number of nitrogens with zero attached hydrogens (tertiary/aromatic N) is 3. The number of aromatic nitrogens is 3. The maximum absolute atomic E-state index is 13.5. The lowest BCUT2D eigenvalue weighted by molar-refractivity contribution is 0.0929. The summed E-state index contributed by atoms with van der Waals surface area (Å²) in [5.41, 5.74) is 2.22. The van der Waals surface area contributed by atoms with Crippen LogP contribution in [0.2, 0.25) is 0 Å². The zero-order chi connectivity index (χ0) is 20.8. The fourth-order valence-corrected chi connectivity index (χ4v) is 3.86. The van der Waals surface area contributed by atoms with Crippen LogP contribution in [0.3, 0.4) is 0 Å². The molecule has 1 aliphatic heterocycles. The van der Waals surface area contributed by atoms with Crippen molar-refractivity contribution < 1.29 is 9.18 Å². The molecule has 156 valence electrons. The molecule has 0 aliphatic carbocycles. The number of aryl methyl sites for hydroxylation is 1. The molecular formula is C23H26FN5O. The number of nitrogens with one attached hydrogen (secondary N) is 2. The Morgan fingerprint density at radius 2 is 2.10 bits per heavy atom. The minimum absolute atomic E-state index is 0.205. The predicted octanol–water partition coefficient (Wildman–Crippen LogP) is 3.45. The molecule has 1 fully saturated rings. The van der Waals surface area contributed by atoms with Gasteiger partial charge in [-0.05, 0) is 55.5 Å². The average Bonchev–Trinajstić information content (AvgIpc) is 3.28. The Hall–Kier alpha value is -3.06. The van der Waals surface area contributed by atoms with Crippen molar-refractivity contribution in [1.82, 2.24) is 25.6 Å². The van der Waals surface area contributed by atoms with Crippen molar-refractivity contribution in [2.24, 2.45) is 0 Å². The van der Waals surface area contributed by atoms with E-state index in [9.17, 15) is 9.18 Å². The molecule has 1 amide bonds. The SMILES string of the molecule is O=C(NC(CCc1cccc(F)c1)c1ccccc1)c1cn(C2CCCNC2)nn1. The molecule has 0 radical (unpaired) electrons. The Bertz CT molecular complexity index is 968. The highest BCUT2D eigenvalue weighted by atomic mass is 19.1. The van der Waals surface area contributed by atoms with Gasteiger partial charge in [0.25, 0.3) is 5.91 Å². The molecule has 2 unspecified atom stereocenters. The van der Waals surface area contributed by atoms with Gasteiger partial charge in [0.15, 0.2) is 5.69 Å². The molecule has 0 bridgehead atoms. The van der Waals surface area contributed by atoms with Gasteiger partial charge in [0.2, 0.25) is 0 Å². The first-order chi connectivity index (χ1) is 14.7. The largest absolute Gasteiger partial charge is 0.344 e. The molecule has 1 aliphatic rings. The summed E-state index contributed by atoms with van der Waals surface area (Å²) in [6, 6.07) is 16.4. The van der Waals surface area contributed by atoms with Crippen LogP contribution < -0.4 is 10.6 Å². The van der Waals surface area contributed by atoms with E-state index in [-0.39, 0.29) is 23.8 Å². The highest BCUT2D eigenvalue weighted by Gasteiger charge is 2.21. The summed E-state index contributed by atoms with van der Waals surface area (Å²) in [7, 11) is 0. The molecule has 30 heavy (non-hydrogen) atoms. The molecule has 2 N–H and O–H groups in total. The van der Waals surface area contributed by atoms with Gasteiger partial charge in [0, 0.05) is 6.54 Å². The number of carbonyl (C=O) groups excluding carboxylic acids is 1. The highest BCUT2D eigenvalue weighted by molar-refractivity contribution is 5.92. The molecule has 2 aromatic carbocycles.